The van der Waals surface area contributed by atoms with Gasteiger partial charge in [-0.15, -0.1) is 0 Å². The third-order valence-corrected chi connectivity index (χ3v) is 3.61. The lowest BCUT2D eigenvalue weighted by Gasteiger charge is -2.41. The van der Waals surface area contributed by atoms with Crippen LogP contribution in [0.4, 0.5) is 10.5 Å². The molecule has 112 valence electrons. The van der Waals surface area contributed by atoms with E-state index in [1.54, 1.807) is 12.1 Å². The molecule has 0 saturated heterocycles. The van der Waals surface area contributed by atoms with Crippen LogP contribution in [0.2, 0.25) is 0 Å². The highest BCUT2D eigenvalue weighted by Crippen LogP contribution is 2.34. The van der Waals surface area contributed by atoms with Crippen molar-refractivity contribution in [3.05, 3.63) is 29.8 Å². The second kappa shape index (κ2) is 5.82. The van der Waals surface area contributed by atoms with Crippen LogP contribution in [0.1, 0.15) is 36.0 Å². The Morgan fingerprint density at radius 1 is 1.19 bits per heavy atom. The third kappa shape index (κ3) is 3.71. The average Bonchev–Trinajstić information content (AvgIpc) is 2.36. The van der Waals surface area contributed by atoms with Crippen LogP contribution >= 0.6 is 0 Å². The molecule has 0 radical (unpaired) electrons. The summed E-state index contributed by atoms with van der Waals surface area (Å²) < 4.78 is 0. The van der Waals surface area contributed by atoms with Crippen molar-refractivity contribution in [1.29, 1.82) is 0 Å². The summed E-state index contributed by atoms with van der Waals surface area (Å²) in [6.07, 6.45) is 2.14. The Kier molecular flexibility index (Phi) is 4.11. The predicted molar refractivity (Wildman–Crippen MR) is 75.9 cm³/mol. The Hall–Kier alpha value is -2.57. The van der Waals surface area contributed by atoms with E-state index in [-0.39, 0.29) is 6.42 Å². The summed E-state index contributed by atoms with van der Waals surface area (Å²) in [6, 6.07) is 5.68. The molecule has 0 unspecified atom stereocenters. The minimum Gasteiger partial charge on any atom is -0.481 e. The summed E-state index contributed by atoms with van der Waals surface area (Å²) in [5, 5.41) is 14.2. The minimum absolute atomic E-state index is 0.0823. The van der Waals surface area contributed by atoms with Crippen LogP contribution in [-0.4, -0.2) is 28.6 Å². The maximum absolute atomic E-state index is 11.9. The largest absolute Gasteiger partial charge is 0.481 e. The minimum atomic E-state index is -0.930. The first-order chi connectivity index (χ1) is 9.90. The van der Waals surface area contributed by atoms with E-state index < -0.39 is 23.4 Å². The molecule has 3 amide bonds. The van der Waals surface area contributed by atoms with Crippen LogP contribution < -0.4 is 16.4 Å². The number of aliphatic carboxylic acids is 1. The van der Waals surface area contributed by atoms with Gasteiger partial charge in [0.2, 0.25) is 5.91 Å². The van der Waals surface area contributed by atoms with E-state index in [1.807, 2.05) is 0 Å². The van der Waals surface area contributed by atoms with Gasteiger partial charge in [-0.3, -0.25) is 9.59 Å². The van der Waals surface area contributed by atoms with Crippen molar-refractivity contribution < 1.29 is 19.5 Å². The first-order valence-electron chi connectivity index (χ1n) is 6.61. The van der Waals surface area contributed by atoms with E-state index in [0.717, 1.165) is 6.42 Å². The number of carboxylic acids is 1. The standard InChI is InChI=1S/C14H17N3O4/c15-12(20)9-2-4-10(5-3-9)16-13(21)17-14(6-1-7-14)8-11(18)19/h2-5H,1,6-8H2,(H2,15,20)(H,18,19)(H2,16,17,21). The zero-order chi connectivity index (χ0) is 15.5. The molecule has 1 aliphatic carbocycles. The molecule has 1 saturated carbocycles. The zero-order valence-electron chi connectivity index (χ0n) is 11.4. The number of primary amides is 1. The van der Waals surface area contributed by atoms with Gasteiger partial charge < -0.3 is 21.5 Å². The Morgan fingerprint density at radius 3 is 2.24 bits per heavy atom. The molecule has 1 aromatic carbocycles. The summed E-state index contributed by atoms with van der Waals surface area (Å²) >= 11 is 0. The first kappa shape index (κ1) is 14.8. The lowest BCUT2D eigenvalue weighted by Crippen LogP contribution is -2.55. The van der Waals surface area contributed by atoms with E-state index in [0.29, 0.717) is 24.1 Å². The number of carboxylic acid groups (broad SMARTS) is 1. The van der Waals surface area contributed by atoms with Crippen LogP contribution in [-0.2, 0) is 4.79 Å². The second-order valence-electron chi connectivity index (χ2n) is 5.23. The maximum Gasteiger partial charge on any atom is 0.319 e. The van der Waals surface area contributed by atoms with E-state index in [2.05, 4.69) is 10.6 Å². The van der Waals surface area contributed by atoms with Gasteiger partial charge in [0, 0.05) is 11.3 Å². The van der Waals surface area contributed by atoms with Crippen molar-refractivity contribution in [2.24, 2.45) is 5.73 Å². The molecule has 0 spiro atoms. The molecule has 0 aromatic heterocycles. The molecule has 1 fully saturated rings. The highest BCUT2D eigenvalue weighted by atomic mass is 16.4. The van der Waals surface area contributed by atoms with Crippen molar-refractivity contribution >= 4 is 23.6 Å². The number of anilines is 1. The molecule has 0 atom stereocenters. The van der Waals surface area contributed by atoms with Gasteiger partial charge >= 0.3 is 12.0 Å². The van der Waals surface area contributed by atoms with Gasteiger partial charge in [-0.05, 0) is 43.5 Å². The topological polar surface area (TPSA) is 122 Å². The number of carbonyl (C=O) groups excluding carboxylic acids is 2. The van der Waals surface area contributed by atoms with Gasteiger partial charge in [0.15, 0.2) is 0 Å². The highest BCUT2D eigenvalue weighted by Gasteiger charge is 2.40. The van der Waals surface area contributed by atoms with Crippen LogP contribution in [0.25, 0.3) is 0 Å². The van der Waals surface area contributed by atoms with E-state index >= 15 is 0 Å². The van der Waals surface area contributed by atoms with Crippen LogP contribution in [0.15, 0.2) is 24.3 Å². The third-order valence-electron chi connectivity index (χ3n) is 3.61. The quantitative estimate of drug-likeness (QED) is 0.653. The number of rotatable bonds is 5. The Morgan fingerprint density at radius 2 is 1.81 bits per heavy atom. The van der Waals surface area contributed by atoms with Gasteiger partial charge in [-0.1, -0.05) is 0 Å². The monoisotopic (exact) mass is 291 g/mol. The number of carbonyl (C=O) groups is 3. The lowest BCUT2D eigenvalue weighted by atomic mass is 9.74. The van der Waals surface area contributed by atoms with Gasteiger partial charge in [0.05, 0.1) is 12.0 Å². The summed E-state index contributed by atoms with van der Waals surface area (Å²) in [7, 11) is 0. The number of benzene rings is 1. The molecule has 21 heavy (non-hydrogen) atoms. The van der Waals surface area contributed by atoms with Gasteiger partial charge in [-0.2, -0.15) is 0 Å². The number of amides is 3. The lowest BCUT2D eigenvalue weighted by molar-refractivity contribution is -0.139. The van der Waals surface area contributed by atoms with Crippen molar-refractivity contribution in [2.45, 2.75) is 31.2 Å². The van der Waals surface area contributed by atoms with E-state index in [9.17, 15) is 14.4 Å². The first-order valence-corrected chi connectivity index (χ1v) is 6.61. The molecular formula is C14H17N3O4. The summed E-state index contributed by atoms with van der Waals surface area (Å²) in [6.45, 7) is 0. The molecule has 0 heterocycles. The van der Waals surface area contributed by atoms with Gasteiger partial charge in [-0.25, -0.2) is 4.79 Å². The van der Waals surface area contributed by atoms with Gasteiger partial charge in [0.1, 0.15) is 0 Å². The molecule has 7 heteroatoms. The van der Waals surface area contributed by atoms with Crippen LogP contribution in [0, 0.1) is 0 Å². The SMILES string of the molecule is NC(=O)c1ccc(NC(=O)NC2(CC(=O)O)CCC2)cc1. The molecule has 1 aromatic rings. The van der Waals surface area contributed by atoms with Crippen LogP contribution in [0.5, 0.6) is 0 Å². The zero-order valence-corrected chi connectivity index (χ0v) is 11.4. The van der Waals surface area contributed by atoms with Gasteiger partial charge in [0.25, 0.3) is 0 Å². The number of urea groups is 1. The van der Waals surface area contributed by atoms with Crippen LogP contribution in [0.3, 0.4) is 0 Å². The fourth-order valence-corrected chi connectivity index (χ4v) is 2.36. The molecule has 5 N–H and O–H groups in total. The molecule has 0 aliphatic heterocycles. The summed E-state index contributed by atoms with van der Waals surface area (Å²) in [5.41, 5.74) is 5.33. The number of nitrogens with one attached hydrogen (secondary N) is 2. The van der Waals surface area contributed by atoms with Crippen molar-refractivity contribution in [1.82, 2.24) is 5.32 Å². The Bertz CT molecular complexity index is 564. The Balaban J connectivity index is 1.95. The normalized spacial score (nSPS) is 15.6. The predicted octanol–water partition coefficient (Wildman–Crippen LogP) is 1.30. The molecule has 7 nitrogen and oxygen atoms in total. The van der Waals surface area contributed by atoms with Crippen molar-refractivity contribution in [2.75, 3.05) is 5.32 Å². The molecule has 1 aliphatic rings. The van der Waals surface area contributed by atoms with E-state index in [1.165, 1.54) is 12.1 Å². The fourth-order valence-electron chi connectivity index (χ4n) is 2.36. The fraction of sp³-hybridized carbons (Fsp3) is 0.357. The van der Waals surface area contributed by atoms with E-state index in [4.69, 9.17) is 10.8 Å². The van der Waals surface area contributed by atoms with Crippen molar-refractivity contribution in [3.8, 4) is 0 Å². The summed E-state index contributed by atoms with van der Waals surface area (Å²) in [5.74, 6) is -1.47. The highest BCUT2D eigenvalue weighted by molar-refractivity contribution is 5.94. The summed E-state index contributed by atoms with van der Waals surface area (Å²) in [4.78, 5) is 33.7. The number of hydrogen-bond donors (Lipinski definition) is 4. The maximum atomic E-state index is 11.9. The smallest absolute Gasteiger partial charge is 0.319 e. The Labute approximate surface area is 121 Å². The molecule has 0 bridgehead atoms. The number of nitrogens with two attached hydrogens (primary N) is 1. The average molecular weight is 291 g/mol. The van der Waals surface area contributed by atoms with Crippen molar-refractivity contribution in [3.63, 3.8) is 0 Å². The second-order valence-corrected chi connectivity index (χ2v) is 5.23. The number of hydrogen-bond acceptors (Lipinski definition) is 3. The molecular weight excluding hydrogens is 274 g/mol. The molecule has 2 rings (SSSR count).